The first-order valence-corrected chi connectivity index (χ1v) is 8.14. The van der Waals surface area contributed by atoms with E-state index in [2.05, 4.69) is 4.98 Å². The quantitative estimate of drug-likeness (QED) is 0.629. The average molecular weight is 348 g/mol. The SMILES string of the molecule is COc1ccc(F)cc1C[NH+]1CCN(c2[nH+]cccc2[N+](=O)[O-])CC1. The van der Waals surface area contributed by atoms with Crippen LogP contribution in [0.15, 0.2) is 36.5 Å². The van der Waals surface area contributed by atoms with Gasteiger partial charge < -0.3 is 9.64 Å². The van der Waals surface area contributed by atoms with Crippen LogP contribution in [0.3, 0.4) is 0 Å². The fourth-order valence-corrected chi connectivity index (χ4v) is 3.20. The summed E-state index contributed by atoms with van der Waals surface area (Å²) in [7, 11) is 1.58. The molecule has 2 heterocycles. The molecule has 1 aliphatic rings. The number of ether oxygens (including phenoxy) is 1. The largest absolute Gasteiger partial charge is 0.496 e. The third-order valence-corrected chi connectivity index (χ3v) is 4.48. The molecule has 3 rings (SSSR count). The lowest BCUT2D eigenvalue weighted by atomic mass is 10.1. The van der Waals surface area contributed by atoms with Crippen molar-refractivity contribution in [2.24, 2.45) is 0 Å². The summed E-state index contributed by atoms with van der Waals surface area (Å²) in [5, 5.41) is 11.2. The highest BCUT2D eigenvalue weighted by Crippen LogP contribution is 2.22. The second-order valence-corrected chi connectivity index (χ2v) is 6.03. The number of benzene rings is 1. The van der Waals surface area contributed by atoms with Gasteiger partial charge in [-0.25, -0.2) is 14.3 Å². The van der Waals surface area contributed by atoms with E-state index < -0.39 is 0 Å². The molecule has 25 heavy (non-hydrogen) atoms. The van der Waals surface area contributed by atoms with Crippen LogP contribution >= 0.6 is 0 Å². The topological polar surface area (TPSA) is 74.2 Å². The van der Waals surface area contributed by atoms with Crippen molar-refractivity contribution in [1.29, 1.82) is 0 Å². The van der Waals surface area contributed by atoms with Gasteiger partial charge in [0.15, 0.2) is 0 Å². The van der Waals surface area contributed by atoms with Gasteiger partial charge in [-0.2, -0.15) is 0 Å². The molecule has 0 bridgehead atoms. The number of piperazine rings is 1. The van der Waals surface area contributed by atoms with Crippen molar-refractivity contribution >= 4 is 11.5 Å². The molecule has 1 fully saturated rings. The smallest absolute Gasteiger partial charge is 0.357 e. The number of halogens is 1. The fourth-order valence-electron chi connectivity index (χ4n) is 3.20. The summed E-state index contributed by atoms with van der Waals surface area (Å²) in [4.78, 5) is 17.1. The number of nitro groups is 1. The van der Waals surface area contributed by atoms with Crippen molar-refractivity contribution in [2.45, 2.75) is 6.54 Å². The third kappa shape index (κ3) is 3.85. The van der Waals surface area contributed by atoms with Crippen LogP contribution in [0, 0.1) is 15.9 Å². The number of rotatable bonds is 5. The minimum atomic E-state index is -0.372. The minimum Gasteiger partial charge on any atom is -0.496 e. The van der Waals surface area contributed by atoms with Crippen LogP contribution in [-0.2, 0) is 6.54 Å². The van der Waals surface area contributed by atoms with Crippen molar-refractivity contribution in [2.75, 3.05) is 38.2 Å². The van der Waals surface area contributed by atoms with Gasteiger partial charge in [0.1, 0.15) is 44.3 Å². The van der Waals surface area contributed by atoms with Crippen molar-refractivity contribution in [3.8, 4) is 5.75 Å². The van der Waals surface area contributed by atoms with Gasteiger partial charge in [0.05, 0.1) is 23.8 Å². The molecule has 1 aromatic carbocycles. The number of hydrogen-bond acceptors (Lipinski definition) is 4. The highest BCUT2D eigenvalue weighted by molar-refractivity contribution is 5.53. The molecule has 1 aliphatic heterocycles. The molecule has 8 heteroatoms. The van der Waals surface area contributed by atoms with Crippen molar-refractivity contribution < 1.29 is 23.9 Å². The lowest BCUT2D eigenvalue weighted by Crippen LogP contribution is -3.13. The van der Waals surface area contributed by atoms with Crippen LogP contribution in [0.1, 0.15) is 5.56 Å². The number of aromatic amines is 1. The molecule has 0 unspecified atom stereocenters. The van der Waals surface area contributed by atoms with Crippen LogP contribution in [0.5, 0.6) is 5.75 Å². The Labute approximate surface area is 144 Å². The molecule has 0 aliphatic carbocycles. The minimum absolute atomic E-state index is 0.0812. The normalized spacial score (nSPS) is 15.2. The molecular weight excluding hydrogens is 327 g/mol. The Hall–Kier alpha value is -2.74. The van der Waals surface area contributed by atoms with Crippen molar-refractivity contribution in [3.05, 3.63) is 58.0 Å². The molecule has 0 radical (unpaired) electrons. The summed E-state index contributed by atoms with van der Waals surface area (Å²) in [6.45, 7) is 3.65. The maximum absolute atomic E-state index is 13.5. The van der Waals surface area contributed by atoms with E-state index in [4.69, 9.17) is 4.74 Å². The summed E-state index contributed by atoms with van der Waals surface area (Å²) in [6, 6.07) is 7.67. The number of hydrogen-bond donors (Lipinski definition) is 1. The van der Waals surface area contributed by atoms with E-state index in [1.165, 1.54) is 23.1 Å². The van der Waals surface area contributed by atoms with E-state index in [1.807, 2.05) is 4.90 Å². The van der Waals surface area contributed by atoms with Crippen molar-refractivity contribution in [1.82, 2.24) is 0 Å². The first-order valence-electron chi connectivity index (χ1n) is 8.14. The number of H-pyrrole nitrogens is 1. The van der Waals surface area contributed by atoms with Crippen LogP contribution in [-0.4, -0.2) is 38.2 Å². The molecule has 132 valence electrons. The van der Waals surface area contributed by atoms with E-state index in [-0.39, 0.29) is 16.4 Å². The van der Waals surface area contributed by atoms with Gasteiger partial charge in [0.2, 0.25) is 0 Å². The van der Waals surface area contributed by atoms with Crippen LogP contribution < -0.4 is 19.5 Å². The number of methoxy groups -OCH3 is 1. The maximum Gasteiger partial charge on any atom is 0.357 e. The van der Waals surface area contributed by atoms with Gasteiger partial charge in [0.25, 0.3) is 0 Å². The highest BCUT2D eigenvalue weighted by Gasteiger charge is 2.32. The second-order valence-electron chi connectivity index (χ2n) is 6.03. The van der Waals surface area contributed by atoms with Gasteiger partial charge in [-0.3, -0.25) is 10.1 Å². The molecule has 0 amide bonds. The number of nitrogens with zero attached hydrogens (tertiary/aromatic N) is 2. The fraction of sp³-hybridized carbons (Fsp3) is 0.353. The number of nitrogens with one attached hydrogen (secondary N) is 2. The zero-order valence-electron chi connectivity index (χ0n) is 14.0. The zero-order valence-corrected chi connectivity index (χ0v) is 14.0. The lowest BCUT2D eigenvalue weighted by molar-refractivity contribution is -0.914. The Morgan fingerprint density at radius 2 is 2.12 bits per heavy atom. The Kier molecular flexibility index (Phi) is 5.08. The van der Waals surface area contributed by atoms with Gasteiger partial charge in [0, 0.05) is 6.07 Å². The van der Waals surface area contributed by atoms with Crippen molar-refractivity contribution in [3.63, 3.8) is 0 Å². The first kappa shape index (κ1) is 17.1. The summed E-state index contributed by atoms with van der Waals surface area (Å²) in [6.07, 6.45) is 1.69. The lowest BCUT2D eigenvalue weighted by Gasteiger charge is -2.28. The van der Waals surface area contributed by atoms with E-state index in [9.17, 15) is 14.5 Å². The van der Waals surface area contributed by atoms with Gasteiger partial charge in [-0.1, -0.05) is 0 Å². The number of anilines is 1. The Morgan fingerprint density at radius 3 is 2.80 bits per heavy atom. The number of aromatic nitrogens is 1. The predicted molar refractivity (Wildman–Crippen MR) is 89.2 cm³/mol. The molecule has 7 nitrogen and oxygen atoms in total. The van der Waals surface area contributed by atoms with Crippen LogP contribution in [0.4, 0.5) is 15.9 Å². The zero-order chi connectivity index (χ0) is 17.8. The van der Waals surface area contributed by atoms with Gasteiger partial charge >= 0.3 is 11.5 Å². The summed E-state index contributed by atoms with van der Waals surface area (Å²) in [5.41, 5.74) is 0.918. The molecule has 1 saturated heterocycles. The monoisotopic (exact) mass is 348 g/mol. The Bertz CT molecular complexity index is 763. The third-order valence-electron chi connectivity index (χ3n) is 4.48. The van der Waals surface area contributed by atoms with Gasteiger partial charge in [-0.05, 0) is 24.3 Å². The molecule has 0 saturated carbocycles. The van der Waals surface area contributed by atoms with E-state index in [0.29, 0.717) is 31.2 Å². The Balaban J connectivity index is 1.67. The van der Waals surface area contributed by atoms with Crippen LogP contribution in [0.25, 0.3) is 0 Å². The molecular formula is C17H21FN4O3+2. The molecule has 2 aromatic rings. The average Bonchev–Trinajstić information content (AvgIpc) is 2.62. The number of pyridine rings is 1. The summed E-state index contributed by atoms with van der Waals surface area (Å²) < 4.78 is 18.8. The first-order chi connectivity index (χ1) is 12.1. The standard InChI is InChI=1S/C17H19FN4O3/c1-25-16-5-4-14(18)11-13(16)12-20-7-9-21(10-8-20)17-15(22(23)24)3-2-6-19-17/h2-6,11H,7-10,12H2,1H3/p+2. The molecule has 2 N–H and O–H groups in total. The van der Waals surface area contributed by atoms with Gasteiger partial charge in [-0.15, -0.1) is 0 Å². The maximum atomic E-state index is 13.5. The summed E-state index contributed by atoms with van der Waals surface area (Å²) >= 11 is 0. The highest BCUT2D eigenvalue weighted by atomic mass is 19.1. The van der Waals surface area contributed by atoms with E-state index in [1.54, 1.807) is 25.4 Å². The Morgan fingerprint density at radius 1 is 1.36 bits per heavy atom. The van der Waals surface area contributed by atoms with Crippen LogP contribution in [0.2, 0.25) is 0 Å². The van der Waals surface area contributed by atoms with E-state index in [0.717, 1.165) is 18.7 Å². The van der Waals surface area contributed by atoms with E-state index >= 15 is 0 Å². The second kappa shape index (κ2) is 7.43. The predicted octanol–water partition coefficient (Wildman–Crippen LogP) is 0.462. The molecule has 0 spiro atoms. The number of quaternary nitrogens is 1. The summed E-state index contributed by atoms with van der Waals surface area (Å²) in [5.74, 6) is 0.946. The molecule has 0 atom stereocenters. The molecule has 1 aromatic heterocycles.